The number of aromatic amines is 1. The summed E-state index contributed by atoms with van der Waals surface area (Å²) in [7, 11) is 1.97. The van der Waals surface area contributed by atoms with Crippen molar-refractivity contribution in [2.45, 2.75) is 51.6 Å². The third-order valence-electron chi connectivity index (χ3n) is 6.42. The molecule has 2 aliphatic rings. The Morgan fingerprint density at radius 3 is 3.00 bits per heavy atom. The average molecular weight is 371 g/mol. The summed E-state index contributed by atoms with van der Waals surface area (Å²) in [5.41, 5.74) is 0.862. The van der Waals surface area contributed by atoms with Gasteiger partial charge in [0.2, 0.25) is 0 Å². The number of likely N-dealkylation sites (N-methyl/N-ethyl adjacent to an activating group) is 1. The quantitative estimate of drug-likeness (QED) is 0.901. The summed E-state index contributed by atoms with van der Waals surface area (Å²) in [4.78, 5) is 31.5. The van der Waals surface area contributed by atoms with Crippen LogP contribution >= 0.6 is 0 Å². The molecule has 3 atom stereocenters. The molecule has 4 rings (SSSR count). The third-order valence-corrected chi connectivity index (χ3v) is 6.42. The van der Waals surface area contributed by atoms with Crippen LogP contribution in [0.4, 0.5) is 10.6 Å². The van der Waals surface area contributed by atoms with E-state index in [0.717, 1.165) is 55.7 Å². The van der Waals surface area contributed by atoms with Gasteiger partial charge in [0.1, 0.15) is 17.8 Å². The number of hydrogen-bond donors (Lipinski definition) is 1. The fourth-order valence-electron chi connectivity index (χ4n) is 4.83. The Kier molecular flexibility index (Phi) is 4.93. The van der Waals surface area contributed by atoms with E-state index in [1.165, 1.54) is 6.42 Å². The summed E-state index contributed by atoms with van der Waals surface area (Å²) in [6, 6.07) is 2.80. The van der Waals surface area contributed by atoms with Gasteiger partial charge in [-0.1, -0.05) is 13.8 Å². The number of rotatable bonds is 3. The molecule has 7 heteroatoms. The highest BCUT2D eigenvalue weighted by Gasteiger charge is 2.36. The lowest BCUT2D eigenvalue weighted by molar-refractivity contribution is 0.0876. The van der Waals surface area contributed by atoms with Crippen molar-refractivity contribution in [1.82, 2.24) is 24.8 Å². The Balaban J connectivity index is 1.46. The van der Waals surface area contributed by atoms with E-state index < -0.39 is 0 Å². The van der Waals surface area contributed by atoms with Crippen molar-refractivity contribution in [2.75, 3.05) is 31.6 Å². The number of carbonyl (C=O) groups is 1. The molecule has 0 aromatic carbocycles. The summed E-state index contributed by atoms with van der Waals surface area (Å²) in [5, 5.41) is 1.04. The number of fused-ring (bicyclic) bond motifs is 1. The van der Waals surface area contributed by atoms with Crippen molar-refractivity contribution in [1.29, 1.82) is 0 Å². The molecule has 146 valence electrons. The molecular weight excluding hydrogens is 340 g/mol. The third kappa shape index (κ3) is 3.24. The van der Waals surface area contributed by atoms with Crippen LogP contribution in [0.1, 0.15) is 39.5 Å². The van der Waals surface area contributed by atoms with Gasteiger partial charge in [-0.2, -0.15) is 0 Å². The lowest BCUT2D eigenvalue weighted by Crippen LogP contribution is -2.54. The lowest BCUT2D eigenvalue weighted by atomic mass is 9.89. The van der Waals surface area contributed by atoms with E-state index in [1.807, 2.05) is 24.2 Å². The van der Waals surface area contributed by atoms with Crippen LogP contribution in [0.5, 0.6) is 0 Å². The Labute approximate surface area is 160 Å². The number of nitrogens with one attached hydrogen (secondary N) is 1. The van der Waals surface area contributed by atoms with E-state index >= 15 is 0 Å². The molecule has 0 aliphatic carbocycles. The van der Waals surface area contributed by atoms with Crippen LogP contribution in [-0.4, -0.2) is 69.5 Å². The minimum absolute atomic E-state index is 0.190. The van der Waals surface area contributed by atoms with Crippen molar-refractivity contribution in [3.8, 4) is 0 Å². The van der Waals surface area contributed by atoms with Gasteiger partial charge in [-0.25, -0.2) is 14.8 Å². The summed E-state index contributed by atoms with van der Waals surface area (Å²) < 4.78 is 0. The minimum atomic E-state index is 0.190. The number of likely N-dealkylation sites (tertiary alicyclic amines) is 1. The van der Waals surface area contributed by atoms with Crippen LogP contribution in [0.15, 0.2) is 18.6 Å². The minimum Gasteiger partial charge on any atom is -0.354 e. The van der Waals surface area contributed by atoms with E-state index in [1.54, 1.807) is 6.33 Å². The van der Waals surface area contributed by atoms with Crippen LogP contribution in [0.2, 0.25) is 0 Å². The summed E-state index contributed by atoms with van der Waals surface area (Å²) >= 11 is 0. The largest absolute Gasteiger partial charge is 0.354 e. The van der Waals surface area contributed by atoms with Gasteiger partial charge in [0.05, 0.1) is 11.4 Å². The SMILES string of the molecule is CCC1C(C)CCCN1C(=O)N(C)C1CCN(c2ncnc3[nH]ccc23)C1. The first-order chi connectivity index (χ1) is 13.1. The summed E-state index contributed by atoms with van der Waals surface area (Å²) in [6.07, 6.45) is 7.85. The smallest absolute Gasteiger partial charge is 0.320 e. The standard InChI is InChI=1S/C20H30N6O/c1-4-17-14(2)6-5-10-26(17)20(27)24(3)15-8-11-25(12-15)19-16-7-9-21-18(16)22-13-23-19/h7,9,13-15,17H,4-6,8,10-12H2,1-3H3,(H,21,22,23). The van der Waals surface area contributed by atoms with Crippen molar-refractivity contribution < 1.29 is 4.79 Å². The molecule has 2 amide bonds. The zero-order chi connectivity index (χ0) is 19.0. The number of aromatic nitrogens is 3. The molecule has 2 fully saturated rings. The molecule has 0 bridgehead atoms. The van der Waals surface area contributed by atoms with Crippen molar-refractivity contribution in [3.63, 3.8) is 0 Å². The van der Waals surface area contributed by atoms with Gasteiger partial charge in [0, 0.05) is 38.9 Å². The molecule has 1 N–H and O–H groups in total. The maximum atomic E-state index is 13.2. The monoisotopic (exact) mass is 370 g/mol. The number of anilines is 1. The summed E-state index contributed by atoms with van der Waals surface area (Å²) in [6.45, 7) is 7.09. The van der Waals surface area contributed by atoms with Crippen molar-refractivity contribution in [3.05, 3.63) is 18.6 Å². The highest BCUT2D eigenvalue weighted by molar-refractivity contribution is 5.87. The van der Waals surface area contributed by atoms with Crippen LogP contribution in [0, 0.1) is 5.92 Å². The van der Waals surface area contributed by atoms with Crippen molar-refractivity contribution >= 4 is 22.9 Å². The fraction of sp³-hybridized carbons (Fsp3) is 0.650. The normalized spacial score (nSPS) is 26.0. The number of carbonyl (C=O) groups excluding carboxylic acids is 1. The second-order valence-corrected chi connectivity index (χ2v) is 8.01. The molecule has 2 saturated heterocycles. The zero-order valence-electron chi connectivity index (χ0n) is 16.6. The van der Waals surface area contributed by atoms with Gasteiger partial charge in [-0.05, 0) is 37.7 Å². The van der Waals surface area contributed by atoms with Crippen LogP contribution in [-0.2, 0) is 0 Å². The average Bonchev–Trinajstić information content (AvgIpc) is 3.35. The van der Waals surface area contributed by atoms with Gasteiger partial charge >= 0.3 is 6.03 Å². The first-order valence-electron chi connectivity index (χ1n) is 10.2. The number of amides is 2. The number of hydrogen-bond acceptors (Lipinski definition) is 4. The first kappa shape index (κ1) is 18.1. The predicted octanol–water partition coefficient (Wildman–Crippen LogP) is 3.10. The Hall–Kier alpha value is -2.31. The molecule has 3 unspecified atom stereocenters. The highest BCUT2D eigenvalue weighted by atomic mass is 16.2. The van der Waals surface area contributed by atoms with Gasteiger partial charge in [0.15, 0.2) is 0 Å². The molecule has 7 nitrogen and oxygen atoms in total. The Morgan fingerprint density at radius 1 is 1.33 bits per heavy atom. The van der Waals surface area contributed by atoms with Gasteiger partial charge in [-0.3, -0.25) is 0 Å². The van der Waals surface area contributed by atoms with Gasteiger partial charge in [-0.15, -0.1) is 0 Å². The fourth-order valence-corrected chi connectivity index (χ4v) is 4.83. The van der Waals surface area contributed by atoms with Crippen LogP contribution < -0.4 is 4.90 Å². The number of urea groups is 1. The molecule has 4 heterocycles. The van der Waals surface area contributed by atoms with Crippen molar-refractivity contribution in [2.24, 2.45) is 5.92 Å². The maximum absolute atomic E-state index is 13.2. The Morgan fingerprint density at radius 2 is 2.19 bits per heavy atom. The zero-order valence-corrected chi connectivity index (χ0v) is 16.6. The first-order valence-corrected chi connectivity index (χ1v) is 10.2. The number of H-pyrrole nitrogens is 1. The Bertz CT molecular complexity index is 805. The maximum Gasteiger partial charge on any atom is 0.320 e. The molecule has 27 heavy (non-hydrogen) atoms. The second kappa shape index (κ2) is 7.37. The molecule has 0 spiro atoms. The molecular formula is C20H30N6O. The summed E-state index contributed by atoms with van der Waals surface area (Å²) in [5.74, 6) is 1.55. The van der Waals surface area contributed by atoms with E-state index in [0.29, 0.717) is 12.0 Å². The molecule has 2 aromatic heterocycles. The van der Waals surface area contributed by atoms with E-state index in [-0.39, 0.29) is 12.1 Å². The molecule has 2 aliphatic heterocycles. The van der Waals surface area contributed by atoms with Gasteiger partial charge in [0.25, 0.3) is 0 Å². The lowest BCUT2D eigenvalue weighted by Gasteiger charge is -2.42. The number of piperidine rings is 1. The molecule has 0 saturated carbocycles. The van der Waals surface area contributed by atoms with Gasteiger partial charge < -0.3 is 19.7 Å². The molecule has 0 radical (unpaired) electrons. The second-order valence-electron chi connectivity index (χ2n) is 8.01. The highest BCUT2D eigenvalue weighted by Crippen LogP contribution is 2.29. The van der Waals surface area contributed by atoms with Crippen LogP contribution in [0.25, 0.3) is 11.0 Å². The van der Waals surface area contributed by atoms with E-state index in [4.69, 9.17) is 0 Å². The van der Waals surface area contributed by atoms with E-state index in [9.17, 15) is 4.79 Å². The number of nitrogens with zero attached hydrogens (tertiary/aromatic N) is 5. The van der Waals surface area contributed by atoms with E-state index in [2.05, 4.69) is 38.6 Å². The molecule has 2 aromatic rings. The van der Waals surface area contributed by atoms with Crippen LogP contribution in [0.3, 0.4) is 0 Å². The predicted molar refractivity (Wildman–Crippen MR) is 107 cm³/mol. The topological polar surface area (TPSA) is 68.4 Å².